The molecule has 1 rings (SSSR count). The van der Waals surface area contributed by atoms with Crippen molar-refractivity contribution in [1.29, 1.82) is 0 Å². The van der Waals surface area contributed by atoms with Gasteiger partial charge in [0.1, 0.15) is 0 Å². The Hall–Kier alpha value is -0.687. The first-order valence-corrected chi connectivity index (χ1v) is 4.42. The van der Waals surface area contributed by atoms with Crippen molar-refractivity contribution in [3.8, 4) is 0 Å². The molecular weight excluding hydrogens is 230 g/mol. The largest absolute Gasteiger partial charge is 0.462 e. The molecule has 0 saturated carbocycles. The van der Waals surface area contributed by atoms with Gasteiger partial charge in [-0.15, -0.1) is 0 Å². The van der Waals surface area contributed by atoms with Crippen molar-refractivity contribution in [2.75, 3.05) is 6.61 Å². The Morgan fingerprint density at radius 1 is 1.29 bits per heavy atom. The predicted octanol–water partition coefficient (Wildman–Crippen LogP) is 2.50. The second-order valence-electron chi connectivity index (χ2n) is 3.36. The van der Waals surface area contributed by atoms with Crippen LogP contribution in [0, 0.1) is 5.92 Å². The van der Waals surface area contributed by atoms with Crippen molar-refractivity contribution in [2.45, 2.75) is 13.8 Å². The van der Waals surface area contributed by atoms with Crippen molar-refractivity contribution in [1.82, 2.24) is 0 Å². The molecular formula is C11H14O2Zn. The van der Waals surface area contributed by atoms with Gasteiger partial charge in [-0.25, -0.2) is 4.79 Å². The first-order chi connectivity index (χ1) is 6.20. The monoisotopic (exact) mass is 242 g/mol. The fourth-order valence-electron chi connectivity index (χ4n) is 0.900. The third-order valence-corrected chi connectivity index (χ3v) is 1.56. The summed E-state index contributed by atoms with van der Waals surface area (Å²) in [5, 5.41) is 0. The Morgan fingerprint density at radius 3 is 2.36 bits per heavy atom. The normalized spacial score (nSPS) is 9.36. The summed E-state index contributed by atoms with van der Waals surface area (Å²) in [4.78, 5) is 11.3. The number of esters is 1. The molecule has 0 spiro atoms. The van der Waals surface area contributed by atoms with Crippen LogP contribution in [0.3, 0.4) is 0 Å². The number of ether oxygens (including phenoxy) is 1. The van der Waals surface area contributed by atoms with E-state index in [-0.39, 0.29) is 25.4 Å². The van der Waals surface area contributed by atoms with Crippen LogP contribution in [-0.4, -0.2) is 12.6 Å². The first-order valence-electron chi connectivity index (χ1n) is 4.42. The van der Waals surface area contributed by atoms with Crippen LogP contribution in [0.5, 0.6) is 0 Å². The third kappa shape index (κ3) is 4.52. The molecule has 3 heteroatoms. The van der Waals surface area contributed by atoms with Crippen LogP contribution in [0.1, 0.15) is 24.2 Å². The molecule has 0 saturated heterocycles. The Balaban J connectivity index is 0.00000169. The third-order valence-electron chi connectivity index (χ3n) is 1.56. The smallest absolute Gasteiger partial charge is 0.338 e. The van der Waals surface area contributed by atoms with Crippen LogP contribution in [0.2, 0.25) is 0 Å². The summed E-state index contributed by atoms with van der Waals surface area (Å²) < 4.78 is 5.05. The number of hydrogen-bond donors (Lipinski definition) is 0. The summed E-state index contributed by atoms with van der Waals surface area (Å²) >= 11 is 0. The molecule has 0 atom stereocenters. The second-order valence-corrected chi connectivity index (χ2v) is 3.36. The molecule has 1 aromatic carbocycles. The summed E-state index contributed by atoms with van der Waals surface area (Å²) in [5.41, 5.74) is 0.614. The number of benzene rings is 1. The summed E-state index contributed by atoms with van der Waals surface area (Å²) in [5.74, 6) is 0.141. The van der Waals surface area contributed by atoms with Gasteiger partial charge in [0.15, 0.2) is 0 Å². The van der Waals surface area contributed by atoms with Crippen molar-refractivity contribution in [3.05, 3.63) is 35.9 Å². The number of rotatable bonds is 3. The molecule has 0 N–H and O–H groups in total. The van der Waals surface area contributed by atoms with Gasteiger partial charge in [-0.05, 0) is 18.1 Å². The topological polar surface area (TPSA) is 26.3 Å². The fourth-order valence-corrected chi connectivity index (χ4v) is 0.900. The molecule has 0 radical (unpaired) electrons. The predicted molar refractivity (Wildman–Crippen MR) is 51.6 cm³/mol. The van der Waals surface area contributed by atoms with Gasteiger partial charge >= 0.3 is 5.97 Å². The van der Waals surface area contributed by atoms with Gasteiger partial charge in [-0.2, -0.15) is 0 Å². The van der Waals surface area contributed by atoms with E-state index in [1.54, 1.807) is 12.1 Å². The maximum atomic E-state index is 11.3. The summed E-state index contributed by atoms with van der Waals surface area (Å²) in [6.07, 6.45) is 0. The van der Waals surface area contributed by atoms with E-state index in [0.717, 1.165) is 0 Å². The number of hydrogen-bond acceptors (Lipinski definition) is 2. The van der Waals surface area contributed by atoms with Gasteiger partial charge in [-0.3, -0.25) is 0 Å². The van der Waals surface area contributed by atoms with E-state index >= 15 is 0 Å². The molecule has 0 aliphatic carbocycles. The summed E-state index contributed by atoms with van der Waals surface area (Å²) in [6, 6.07) is 9.03. The van der Waals surface area contributed by atoms with Gasteiger partial charge in [0.2, 0.25) is 0 Å². The molecule has 0 aromatic heterocycles. The Labute approximate surface area is 97.4 Å². The van der Waals surface area contributed by atoms with Crippen molar-refractivity contribution in [2.24, 2.45) is 5.92 Å². The number of carbonyl (C=O) groups excluding carboxylic acids is 1. The SMILES string of the molecule is CC(C)COC(=O)c1ccccc1.[Zn]. The van der Waals surface area contributed by atoms with Gasteiger partial charge in [0, 0.05) is 19.5 Å². The fraction of sp³-hybridized carbons (Fsp3) is 0.364. The van der Waals surface area contributed by atoms with Crippen molar-refractivity contribution in [3.63, 3.8) is 0 Å². The molecule has 0 aliphatic rings. The zero-order valence-electron chi connectivity index (χ0n) is 8.69. The standard InChI is InChI=1S/C11H14O2.Zn/c1-9(2)8-13-11(12)10-6-4-3-5-7-10;/h3-7,9H,8H2,1-2H3;. The molecule has 2 nitrogen and oxygen atoms in total. The van der Waals surface area contributed by atoms with Crippen LogP contribution in [-0.2, 0) is 24.2 Å². The van der Waals surface area contributed by atoms with E-state index < -0.39 is 0 Å². The van der Waals surface area contributed by atoms with Crippen LogP contribution < -0.4 is 0 Å². The zero-order chi connectivity index (χ0) is 9.68. The van der Waals surface area contributed by atoms with Crippen LogP contribution in [0.15, 0.2) is 30.3 Å². The minimum absolute atomic E-state index is 0. The first kappa shape index (κ1) is 13.3. The molecule has 0 heterocycles. The molecule has 1 aromatic rings. The minimum atomic E-state index is -0.241. The van der Waals surface area contributed by atoms with E-state index in [0.29, 0.717) is 18.1 Å². The molecule has 0 aliphatic heterocycles. The van der Waals surface area contributed by atoms with Crippen molar-refractivity contribution < 1.29 is 29.0 Å². The van der Waals surface area contributed by atoms with Crippen LogP contribution in [0.4, 0.5) is 0 Å². The van der Waals surface area contributed by atoms with Crippen molar-refractivity contribution >= 4 is 5.97 Å². The molecule has 72 valence electrons. The average Bonchev–Trinajstić information content (AvgIpc) is 2.15. The van der Waals surface area contributed by atoms with E-state index in [4.69, 9.17) is 4.74 Å². The van der Waals surface area contributed by atoms with Gasteiger partial charge in [0.25, 0.3) is 0 Å². The van der Waals surface area contributed by atoms with Gasteiger partial charge < -0.3 is 4.74 Å². The molecule has 0 amide bonds. The van der Waals surface area contributed by atoms with E-state index in [2.05, 4.69) is 0 Å². The van der Waals surface area contributed by atoms with Gasteiger partial charge in [0.05, 0.1) is 12.2 Å². The average molecular weight is 244 g/mol. The summed E-state index contributed by atoms with van der Waals surface area (Å²) in [7, 11) is 0. The zero-order valence-corrected chi connectivity index (χ0v) is 11.7. The molecule has 0 fully saturated rings. The number of carbonyl (C=O) groups is 1. The van der Waals surface area contributed by atoms with E-state index in [1.807, 2.05) is 32.0 Å². The second kappa shape index (κ2) is 6.72. The van der Waals surface area contributed by atoms with E-state index in [9.17, 15) is 4.79 Å². The minimum Gasteiger partial charge on any atom is -0.462 e. The molecule has 0 bridgehead atoms. The maximum Gasteiger partial charge on any atom is 0.338 e. The molecule has 14 heavy (non-hydrogen) atoms. The Bertz CT molecular complexity index is 270. The Kier molecular flexibility index (Phi) is 6.39. The maximum absolute atomic E-state index is 11.3. The Morgan fingerprint density at radius 2 is 1.86 bits per heavy atom. The quantitative estimate of drug-likeness (QED) is 0.602. The van der Waals surface area contributed by atoms with Gasteiger partial charge in [-0.1, -0.05) is 32.0 Å². The van der Waals surface area contributed by atoms with E-state index in [1.165, 1.54) is 0 Å². The van der Waals surface area contributed by atoms with Crippen LogP contribution in [0.25, 0.3) is 0 Å². The summed E-state index contributed by atoms with van der Waals surface area (Å²) in [6.45, 7) is 4.50. The molecule has 0 unspecified atom stereocenters. The van der Waals surface area contributed by atoms with Crippen LogP contribution >= 0.6 is 0 Å².